The van der Waals surface area contributed by atoms with E-state index in [1.807, 2.05) is 0 Å². The summed E-state index contributed by atoms with van der Waals surface area (Å²) in [6.07, 6.45) is 3.48. The Bertz CT molecular complexity index is 343. The number of hydrogen-bond acceptors (Lipinski definition) is 2. The molecule has 0 radical (unpaired) electrons. The molecule has 1 aliphatic rings. The van der Waals surface area contributed by atoms with Gasteiger partial charge < -0.3 is 10.6 Å². The van der Waals surface area contributed by atoms with Crippen molar-refractivity contribution in [2.75, 3.05) is 20.1 Å². The number of rotatable bonds is 5. The first-order chi connectivity index (χ1) is 7.57. The number of nitrogens with two attached hydrogens (primary N) is 1. The minimum absolute atomic E-state index is 0.133. The predicted molar refractivity (Wildman–Crippen MR) is 71.5 cm³/mol. The first kappa shape index (κ1) is 12.1. The first-order valence-electron chi connectivity index (χ1n) is 5.79. The lowest BCUT2D eigenvalue weighted by Crippen LogP contribution is -2.38. The summed E-state index contributed by atoms with van der Waals surface area (Å²) in [4.78, 5) is 2.34. The Balaban J connectivity index is 1.76. The fraction of sp³-hybridized carbons (Fsp3) is 0.538. The fourth-order valence-electron chi connectivity index (χ4n) is 1.91. The van der Waals surface area contributed by atoms with E-state index in [-0.39, 0.29) is 5.54 Å². The van der Waals surface area contributed by atoms with Gasteiger partial charge in [-0.15, -0.1) is 0 Å². The molecular formula is C13H19BrN2. The van der Waals surface area contributed by atoms with Gasteiger partial charge in [-0.1, -0.05) is 28.1 Å². The summed E-state index contributed by atoms with van der Waals surface area (Å²) in [6, 6.07) is 8.54. The summed E-state index contributed by atoms with van der Waals surface area (Å²) in [5.74, 6) is 0. The van der Waals surface area contributed by atoms with E-state index in [0.29, 0.717) is 0 Å². The molecule has 1 aliphatic carbocycles. The average Bonchev–Trinajstić information content (AvgIpc) is 2.95. The van der Waals surface area contributed by atoms with Crippen molar-refractivity contribution in [3.05, 3.63) is 34.3 Å². The minimum atomic E-state index is 0.133. The number of benzene rings is 1. The van der Waals surface area contributed by atoms with Gasteiger partial charge in [-0.25, -0.2) is 0 Å². The van der Waals surface area contributed by atoms with E-state index >= 15 is 0 Å². The molecule has 2 nitrogen and oxygen atoms in total. The van der Waals surface area contributed by atoms with Crippen LogP contribution in [-0.4, -0.2) is 30.6 Å². The molecule has 3 heteroatoms. The summed E-state index contributed by atoms with van der Waals surface area (Å²) in [5, 5.41) is 0. The quantitative estimate of drug-likeness (QED) is 0.899. The number of likely N-dealkylation sites (N-methyl/N-ethyl adjacent to an activating group) is 1. The maximum Gasteiger partial charge on any atom is 0.0284 e. The van der Waals surface area contributed by atoms with Gasteiger partial charge in [-0.2, -0.15) is 0 Å². The third kappa shape index (κ3) is 3.58. The molecule has 1 aromatic carbocycles. The summed E-state index contributed by atoms with van der Waals surface area (Å²) in [7, 11) is 2.16. The van der Waals surface area contributed by atoms with E-state index in [0.717, 1.165) is 24.0 Å². The standard InChI is InChI=1S/C13H19BrN2/c1-16(10-13(15)7-8-13)9-6-11-2-4-12(14)5-3-11/h2-5H,6-10,15H2,1H3. The monoisotopic (exact) mass is 282 g/mol. The van der Waals surface area contributed by atoms with Crippen molar-refractivity contribution in [3.63, 3.8) is 0 Å². The van der Waals surface area contributed by atoms with Crippen LogP contribution in [0.3, 0.4) is 0 Å². The van der Waals surface area contributed by atoms with E-state index in [1.54, 1.807) is 0 Å². The van der Waals surface area contributed by atoms with E-state index in [9.17, 15) is 0 Å². The highest BCUT2D eigenvalue weighted by Gasteiger charge is 2.38. The molecule has 1 aromatic rings. The number of hydrogen-bond donors (Lipinski definition) is 1. The third-order valence-corrected chi connectivity index (χ3v) is 3.70. The van der Waals surface area contributed by atoms with Gasteiger partial charge in [0, 0.05) is 23.1 Å². The topological polar surface area (TPSA) is 29.3 Å². The van der Waals surface area contributed by atoms with E-state index in [4.69, 9.17) is 5.73 Å². The average molecular weight is 283 g/mol. The van der Waals surface area contributed by atoms with Crippen LogP contribution in [0.1, 0.15) is 18.4 Å². The van der Waals surface area contributed by atoms with Crippen LogP contribution in [-0.2, 0) is 6.42 Å². The largest absolute Gasteiger partial charge is 0.324 e. The van der Waals surface area contributed by atoms with Crippen molar-refractivity contribution >= 4 is 15.9 Å². The molecule has 0 atom stereocenters. The first-order valence-corrected chi connectivity index (χ1v) is 6.59. The van der Waals surface area contributed by atoms with Gasteiger partial charge in [-0.05, 0) is 44.0 Å². The maximum atomic E-state index is 6.09. The molecule has 1 saturated carbocycles. The summed E-state index contributed by atoms with van der Waals surface area (Å²) >= 11 is 3.45. The molecule has 0 amide bonds. The summed E-state index contributed by atoms with van der Waals surface area (Å²) < 4.78 is 1.14. The molecule has 2 N–H and O–H groups in total. The minimum Gasteiger partial charge on any atom is -0.324 e. The highest BCUT2D eigenvalue weighted by molar-refractivity contribution is 9.10. The lowest BCUT2D eigenvalue weighted by Gasteiger charge is -2.20. The Hall–Kier alpha value is -0.380. The molecule has 1 fully saturated rings. The molecule has 88 valence electrons. The number of nitrogens with zero attached hydrogens (tertiary/aromatic N) is 1. The van der Waals surface area contributed by atoms with Gasteiger partial charge in [0.2, 0.25) is 0 Å². The maximum absolute atomic E-state index is 6.09. The zero-order valence-corrected chi connectivity index (χ0v) is 11.3. The van der Waals surface area contributed by atoms with Crippen LogP contribution in [0.5, 0.6) is 0 Å². The molecule has 0 bridgehead atoms. The zero-order valence-electron chi connectivity index (χ0n) is 9.75. The highest BCUT2D eigenvalue weighted by atomic mass is 79.9. The predicted octanol–water partition coefficient (Wildman–Crippen LogP) is 2.41. The van der Waals surface area contributed by atoms with Crippen molar-refractivity contribution in [3.8, 4) is 0 Å². The van der Waals surface area contributed by atoms with Crippen LogP contribution in [0.25, 0.3) is 0 Å². The summed E-state index contributed by atoms with van der Waals surface area (Å²) in [5.41, 5.74) is 7.61. The second-order valence-corrected chi connectivity index (χ2v) is 5.89. The third-order valence-electron chi connectivity index (χ3n) is 3.17. The number of halogens is 1. The van der Waals surface area contributed by atoms with E-state index in [1.165, 1.54) is 18.4 Å². The summed E-state index contributed by atoms with van der Waals surface area (Å²) in [6.45, 7) is 2.12. The van der Waals surface area contributed by atoms with Gasteiger partial charge in [0.15, 0.2) is 0 Å². The van der Waals surface area contributed by atoms with Crippen LogP contribution in [0, 0.1) is 0 Å². The van der Waals surface area contributed by atoms with Gasteiger partial charge >= 0.3 is 0 Å². The molecule has 0 heterocycles. The van der Waals surface area contributed by atoms with Crippen molar-refractivity contribution < 1.29 is 0 Å². The second kappa shape index (κ2) is 4.86. The van der Waals surface area contributed by atoms with Gasteiger partial charge in [0.25, 0.3) is 0 Å². The van der Waals surface area contributed by atoms with E-state index in [2.05, 4.69) is 52.1 Å². The SMILES string of the molecule is CN(CCc1ccc(Br)cc1)CC1(N)CC1. The Kier molecular flexibility index (Phi) is 3.67. The van der Waals surface area contributed by atoms with Gasteiger partial charge in [0.05, 0.1) is 0 Å². The van der Waals surface area contributed by atoms with Crippen molar-refractivity contribution in [1.29, 1.82) is 0 Å². The molecule has 0 unspecified atom stereocenters. The van der Waals surface area contributed by atoms with Crippen LogP contribution in [0.4, 0.5) is 0 Å². The normalized spacial score (nSPS) is 17.8. The highest BCUT2D eigenvalue weighted by Crippen LogP contribution is 2.32. The Morgan fingerprint density at radius 2 is 1.94 bits per heavy atom. The molecule has 0 spiro atoms. The van der Waals surface area contributed by atoms with Crippen molar-refractivity contribution in [2.24, 2.45) is 5.73 Å². The molecule has 16 heavy (non-hydrogen) atoms. The molecule has 0 saturated heterocycles. The van der Waals surface area contributed by atoms with Crippen LogP contribution in [0.15, 0.2) is 28.7 Å². The smallest absolute Gasteiger partial charge is 0.0284 e. The Morgan fingerprint density at radius 1 is 1.31 bits per heavy atom. The molecule has 0 aliphatic heterocycles. The van der Waals surface area contributed by atoms with Crippen molar-refractivity contribution in [1.82, 2.24) is 4.90 Å². The Labute approximate surface area is 106 Å². The Morgan fingerprint density at radius 3 is 2.50 bits per heavy atom. The zero-order chi connectivity index (χ0) is 11.6. The second-order valence-electron chi connectivity index (χ2n) is 4.98. The van der Waals surface area contributed by atoms with Crippen LogP contribution in [0.2, 0.25) is 0 Å². The van der Waals surface area contributed by atoms with E-state index < -0.39 is 0 Å². The lowest BCUT2D eigenvalue weighted by atomic mass is 10.1. The fourth-order valence-corrected chi connectivity index (χ4v) is 2.17. The van der Waals surface area contributed by atoms with Gasteiger partial charge in [0.1, 0.15) is 0 Å². The molecule has 2 rings (SSSR count). The van der Waals surface area contributed by atoms with Crippen LogP contribution >= 0.6 is 15.9 Å². The molecule has 0 aromatic heterocycles. The van der Waals surface area contributed by atoms with Crippen LogP contribution < -0.4 is 5.73 Å². The van der Waals surface area contributed by atoms with Gasteiger partial charge in [-0.3, -0.25) is 0 Å². The molecular weight excluding hydrogens is 264 g/mol. The van der Waals surface area contributed by atoms with Crippen molar-refractivity contribution in [2.45, 2.75) is 24.8 Å². The lowest BCUT2D eigenvalue weighted by molar-refractivity contribution is 0.306.